The molecule has 0 aromatic carbocycles. The van der Waals surface area contributed by atoms with Crippen LogP contribution in [0.15, 0.2) is 46.2 Å². The number of carbonyl (C=O) groups is 2. The molecule has 268 valence electrons. The third-order valence-electron chi connectivity index (χ3n) is 8.51. The molecular weight excluding hydrogens is 664 g/mol. The number of urea groups is 1. The lowest BCUT2D eigenvalue weighted by molar-refractivity contribution is -0.0159. The van der Waals surface area contributed by atoms with Crippen molar-refractivity contribution in [2.75, 3.05) is 70.9 Å². The number of ether oxygens (including phenoxy) is 6. The van der Waals surface area contributed by atoms with E-state index in [0.717, 1.165) is 17.0 Å². The molecule has 0 aliphatic carbocycles. The number of rotatable bonds is 12. The number of dihydropyridines is 1. The molecule has 0 radical (unpaired) electrons. The second-order valence-electron chi connectivity index (χ2n) is 12.1. The smallest absolute Gasteiger partial charge is 0.340 e. The van der Waals surface area contributed by atoms with Crippen LogP contribution in [0.4, 0.5) is 10.6 Å². The molecule has 2 fully saturated rings. The number of nitrogens with zero attached hydrogens (tertiary/aromatic N) is 4. The third kappa shape index (κ3) is 9.19. The Balaban J connectivity index is 1.38. The number of hydrogen-bond donors (Lipinski definition) is 2. The molecule has 50 heavy (non-hydrogen) atoms. The number of thioether (sulfide) groups is 1. The van der Waals surface area contributed by atoms with Crippen LogP contribution in [-0.4, -0.2) is 117 Å². The van der Waals surface area contributed by atoms with E-state index >= 15 is 0 Å². The molecule has 0 spiro atoms. The predicted molar refractivity (Wildman–Crippen MR) is 190 cm³/mol. The lowest BCUT2D eigenvalue weighted by Gasteiger charge is -2.25. The standard InChI is InChI=1S/C35H44N6O8S/c1-3-36-35(43)41-30-18-27(33-40-29(21-50-33)25-5-4-10-37-31(25)47-16-15-44-2)28(20-38-30)26-17-22(34(42)49-24-8-13-46-14-9-24)19-39-32(26)48-23-6-11-45-12-7-23/h5,17-20,23-24,29H,3-4,6-16,21H2,1-2H3,(H2,36,38,41,43). The van der Waals surface area contributed by atoms with E-state index in [1.807, 2.05) is 6.92 Å². The topological polar surface area (TPSA) is 164 Å². The van der Waals surface area contributed by atoms with Gasteiger partial charge in [0.2, 0.25) is 11.8 Å². The van der Waals surface area contributed by atoms with Crippen LogP contribution in [0.3, 0.4) is 0 Å². The first-order valence-electron chi connectivity index (χ1n) is 17.2. The highest BCUT2D eigenvalue weighted by Gasteiger charge is 2.31. The number of methoxy groups -OCH3 is 1. The van der Waals surface area contributed by atoms with E-state index in [1.165, 1.54) is 6.20 Å². The van der Waals surface area contributed by atoms with Gasteiger partial charge in [-0.3, -0.25) is 15.3 Å². The zero-order valence-electron chi connectivity index (χ0n) is 28.5. The Kier molecular flexibility index (Phi) is 12.7. The van der Waals surface area contributed by atoms with Gasteiger partial charge in [-0.1, -0.05) is 6.08 Å². The first-order valence-corrected chi connectivity index (χ1v) is 18.2. The number of aromatic nitrogens is 2. The molecule has 6 heterocycles. The SMILES string of the molecule is CCNC(=O)Nc1cc(C2=NC(C3=CCCN=C3OCCOC)CS2)c(-c2cc(C(=O)OC3CCOCC3)cnc2OC2CCOCC2)cn1. The van der Waals surface area contributed by atoms with Crippen LogP contribution in [0.5, 0.6) is 5.88 Å². The quantitative estimate of drug-likeness (QED) is 0.237. The predicted octanol–water partition coefficient (Wildman–Crippen LogP) is 4.43. The number of anilines is 1. The zero-order valence-corrected chi connectivity index (χ0v) is 29.3. The van der Waals surface area contributed by atoms with Crippen molar-refractivity contribution < 1.29 is 38.0 Å². The summed E-state index contributed by atoms with van der Waals surface area (Å²) in [4.78, 5) is 45.0. The number of amides is 2. The molecule has 1 atom stereocenters. The fourth-order valence-electron chi connectivity index (χ4n) is 5.93. The largest absolute Gasteiger partial charge is 0.475 e. The normalized spacial score (nSPS) is 20.0. The Hall–Kier alpha value is -4.05. The summed E-state index contributed by atoms with van der Waals surface area (Å²) in [7, 11) is 1.63. The van der Waals surface area contributed by atoms with Crippen molar-refractivity contribution in [2.45, 2.75) is 57.3 Å². The molecule has 0 saturated carbocycles. The van der Waals surface area contributed by atoms with E-state index in [9.17, 15) is 9.59 Å². The number of nitrogens with one attached hydrogen (secondary N) is 2. The minimum absolute atomic E-state index is 0.109. The summed E-state index contributed by atoms with van der Waals surface area (Å²) in [5.41, 5.74) is 3.16. The number of esters is 1. The van der Waals surface area contributed by atoms with Gasteiger partial charge in [0.05, 0.1) is 49.7 Å². The fourth-order valence-corrected chi connectivity index (χ4v) is 7.02. The van der Waals surface area contributed by atoms with Gasteiger partial charge in [0.15, 0.2) is 0 Å². The van der Waals surface area contributed by atoms with Crippen LogP contribution < -0.4 is 15.4 Å². The molecule has 14 nitrogen and oxygen atoms in total. The summed E-state index contributed by atoms with van der Waals surface area (Å²) >= 11 is 1.59. The van der Waals surface area contributed by atoms with Crippen molar-refractivity contribution in [1.82, 2.24) is 15.3 Å². The van der Waals surface area contributed by atoms with Gasteiger partial charge in [0.25, 0.3) is 0 Å². The van der Waals surface area contributed by atoms with Gasteiger partial charge in [-0.05, 0) is 25.5 Å². The highest BCUT2D eigenvalue weighted by atomic mass is 32.2. The van der Waals surface area contributed by atoms with E-state index in [4.69, 9.17) is 33.4 Å². The highest BCUT2D eigenvalue weighted by Crippen LogP contribution is 2.38. The summed E-state index contributed by atoms with van der Waals surface area (Å²) in [6.07, 6.45) is 8.47. The molecule has 2 aromatic rings. The Morgan fingerprint density at radius 2 is 1.74 bits per heavy atom. The summed E-state index contributed by atoms with van der Waals surface area (Å²) in [5.74, 6) is 1.49. The van der Waals surface area contributed by atoms with Gasteiger partial charge < -0.3 is 33.7 Å². The lowest BCUT2D eigenvalue weighted by Crippen LogP contribution is -2.28. The summed E-state index contributed by atoms with van der Waals surface area (Å²) in [6, 6.07) is 2.97. The monoisotopic (exact) mass is 708 g/mol. The van der Waals surface area contributed by atoms with E-state index in [2.05, 4.69) is 31.7 Å². The first kappa shape index (κ1) is 35.8. The second-order valence-corrected chi connectivity index (χ2v) is 13.1. The Morgan fingerprint density at radius 1 is 0.960 bits per heavy atom. The molecule has 2 amide bonds. The van der Waals surface area contributed by atoms with Gasteiger partial charge in [0, 0.05) is 86.3 Å². The third-order valence-corrected chi connectivity index (χ3v) is 9.59. The number of carbonyl (C=O) groups excluding carboxylic acids is 2. The van der Waals surface area contributed by atoms with Crippen molar-refractivity contribution >= 4 is 40.5 Å². The van der Waals surface area contributed by atoms with Crippen LogP contribution in [0.1, 0.15) is 54.9 Å². The molecule has 2 saturated heterocycles. The van der Waals surface area contributed by atoms with E-state index in [-0.39, 0.29) is 24.3 Å². The average Bonchev–Trinajstić information content (AvgIpc) is 3.63. The maximum atomic E-state index is 13.4. The molecule has 15 heteroatoms. The van der Waals surface area contributed by atoms with Crippen LogP contribution in [-0.2, 0) is 23.7 Å². The molecular formula is C35H44N6O8S. The van der Waals surface area contributed by atoms with Crippen LogP contribution in [0.25, 0.3) is 11.1 Å². The molecule has 2 N–H and O–H groups in total. The van der Waals surface area contributed by atoms with Crippen molar-refractivity contribution in [3.05, 3.63) is 47.3 Å². The highest BCUT2D eigenvalue weighted by molar-refractivity contribution is 8.14. The summed E-state index contributed by atoms with van der Waals surface area (Å²) in [5, 5.41) is 6.30. The fraction of sp³-hybridized carbons (Fsp3) is 0.543. The molecule has 2 aromatic heterocycles. The molecule has 4 aliphatic heterocycles. The van der Waals surface area contributed by atoms with Gasteiger partial charge in [0.1, 0.15) is 24.6 Å². The Labute approximate surface area is 295 Å². The number of aliphatic imine (C=N–C) groups is 2. The molecule has 0 bridgehead atoms. The van der Waals surface area contributed by atoms with Crippen molar-refractivity contribution in [3.8, 4) is 17.0 Å². The van der Waals surface area contributed by atoms with E-state index in [1.54, 1.807) is 37.2 Å². The van der Waals surface area contributed by atoms with Crippen molar-refractivity contribution in [3.63, 3.8) is 0 Å². The zero-order chi connectivity index (χ0) is 34.7. The Morgan fingerprint density at radius 3 is 2.50 bits per heavy atom. The van der Waals surface area contributed by atoms with Crippen molar-refractivity contribution in [2.24, 2.45) is 9.98 Å². The number of hydrogen-bond acceptors (Lipinski definition) is 13. The van der Waals surface area contributed by atoms with Crippen LogP contribution >= 0.6 is 11.8 Å². The molecule has 1 unspecified atom stereocenters. The van der Waals surface area contributed by atoms with Gasteiger partial charge in [-0.15, -0.1) is 11.8 Å². The first-order chi connectivity index (χ1) is 24.5. The van der Waals surface area contributed by atoms with Gasteiger partial charge in [-0.2, -0.15) is 0 Å². The van der Waals surface area contributed by atoms with E-state index < -0.39 is 5.97 Å². The maximum absolute atomic E-state index is 13.4. The van der Waals surface area contributed by atoms with Crippen LogP contribution in [0, 0.1) is 0 Å². The van der Waals surface area contributed by atoms with Gasteiger partial charge in [-0.25, -0.2) is 19.6 Å². The summed E-state index contributed by atoms with van der Waals surface area (Å²) in [6.45, 7) is 6.09. The van der Waals surface area contributed by atoms with Crippen molar-refractivity contribution in [1.29, 1.82) is 0 Å². The summed E-state index contributed by atoms with van der Waals surface area (Å²) < 4.78 is 34.5. The second kappa shape index (κ2) is 17.7. The van der Waals surface area contributed by atoms with Crippen LogP contribution in [0.2, 0.25) is 0 Å². The molecule has 4 aliphatic rings. The Bertz CT molecular complexity index is 1610. The number of pyridine rings is 2. The lowest BCUT2D eigenvalue weighted by atomic mass is 10.0. The van der Waals surface area contributed by atoms with Gasteiger partial charge >= 0.3 is 12.0 Å². The minimum atomic E-state index is -0.468. The van der Waals surface area contributed by atoms with E-state index in [0.29, 0.717) is 124 Å². The molecule has 6 rings (SSSR count). The minimum Gasteiger partial charge on any atom is -0.475 e. The average molecular weight is 709 g/mol. The maximum Gasteiger partial charge on any atom is 0.340 e.